The SMILES string of the molecule is C[C@]1(O)CCN(CC(=O)Nc2ccc3c(c2)OCCCO3)C[C@@H]1Oc1cccc(F)c1. The lowest BCUT2D eigenvalue weighted by atomic mass is 9.90. The molecule has 0 spiro atoms. The minimum atomic E-state index is -1.08. The molecule has 1 saturated heterocycles. The number of fused-ring (bicyclic) bond motifs is 1. The van der Waals surface area contributed by atoms with Crippen LogP contribution in [-0.4, -0.2) is 60.5 Å². The van der Waals surface area contributed by atoms with Crippen molar-refractivity contribution in [1.82, 2.24) is 4.90 Å². The Morgan fingerprint density at radius 2 is 2.06 bits per heavy atom. The van der Waals surface area contributed by atoms with Gasteiger partial charge in [-0.1, -0.05) is 6.07 Å². The van der Waals surface area contributed by atoms with E-state index >= 15 is 0 Å². The van der Waals surface area contributed by atoms with E-state index in [1.165, 1.54) is 12.1 Å². The maximum Gasteiger partial charge on any atom is 0.238 e. The van der Waals surface area contributed by atoms with Gasteiger partial charge in [0.15, 0.2) is 11.5 Å². The normalized spacial score (nSPS) is 23.6. The molecule has 0 radical (unpaired) electrons. The lowest BCUT2D eigenvalue weighted by molar-refractivity contribution is -0.122. The molecule has 0 aliphatic carbocycles. The standard InChI is InChI=1S/C23H27FN2O5/c1-23(28)8-9-26(14-21(23)31-18-5-2-4-16(24)12-18)15-22(27)25-17-6-7-19-20(13-17)30-11-3-10-29-19/h2,4-7,12-13,21,28H,3,8-11,14-15H2,1H3,(H,25,27)/t21-,23-/m0/s1. The van der Waals surface area contributed by atoms with E-state index in [9.17, 15) is 14.3 Å². The second kappa shape index (κ2) is 9.11. The summed E-state index contributed by atoms with van der Waals surface area (Å²) in [5.74, 6) is 1.06. The van der Waals surface area contributed by atoms with Crippen LogP contribution in [0.15, 0.2) is 42.5 Å². The number of hydrogen-bond donors (Lipinski definition) is 2. The topological polar surface area (TPSA) is 80.3 Å². The van der Waals surface area contributed by atoms with E-state index in [1.807, 2.05) is 4.90 Å². The molecule has 0 bridgehead atoms. The molecule has 2 aliphatic rings. The third kappa shape index (κ3) is 5.45. The van der Waals surface area contributed by atoms with Gasteiger partial charge in [0, 0.05) is 37.3 Å². The van der Waals surface area contributed by atoms with Gasteiger partial charge >= 0.3 is 0 Å². The number of hydrogen-bond acceptors (Lipinski definition) is 6. The number of amides is 1. The Labute approximate surface area is 180 Å². The molecule has 2 aromatic rings. The van der Waals surface area contributed by atoms with Crippen molar-refractivity contribution in [1.29, 1.82) is 0 Å². The summed E-state index contributed by atoms with van der Waals surface area (Å²) in [4.78, 5) is 14.5. The van der Waals surface area contributed by atoms with E-state index in [4.69, 9.17) is 14.2 Å². The monoisotopic (exact) mass is 430 g/mol. The minimum Gasteiger partial charge on any atom is -0.490 e. The van der Waals surface area contributed by atoms with Gasteiger partial charge < -0.3 is 24.6 Å². The molecular formula is C23H27FN2O5. The summed E-state index contributed by atoms with van der Waals surface area (Å²) in [5, 5.41) is 13.6. The molecule has 2 aliphatic heterocycles. The predicted molar refractivity (Wildman–Crippen MR) is 113 cm³/mol. The van der Waals surface area contributed by atoms with E-state index in [-0.39, 0.29) is 12.5 Å². The second-order valence-corrected chi connectivity index (χ2v) is 8.17. The van der Waals surface area contributed by atoms with Crippen LogP contribution in [0.5, 0.6) is 17.2 Å². The quantitative estimate of drug-likeness (QED) is 0.760. The average molecular weight is 430 g/mol. The van der Waals surface area contributed by atoms with Crippen molar-refractivity contribution < 1.29 is 28.5 Å². The zero-order chi connectivity index (χ0) is 21.8. The maximum atomic E-state index is 13.5. The van der Waals surface area contributed by atoms with E-state index in [0.717, 1.165) is 6.42 Å². The van der Waals surface area contributed by atoms with Crippen molar-refractivity contribution in [3.63, 3.8) is 0 Å². The number of aliphatic hydroxyl groups is 1. The highest BCUT2D eigenvalue weighted by Crippen LogP contribution is 2.32. The Kier molecular flexibility index (Phi) is 6.29. The summed E-state index contributed by atoms with van der Waals surface area (Å²) >= 11 is 0. The molecule has 2 aromatic carbocycles. The highest BCUT2D eigenvalue weighted by Gasteiger charge is 2.39. The van der Waals surface area contributed by atoms with Crippen molar-refractivity contribution in [2.24, 2.45) is 0 Å². The molecule has 0 aromatic heterocycles. The van der Waals surface area contributed by atoms with Crippen LogP contribution < -0.4 is 19.5 Å². The average Bonchev–Trinajstić information content (AvgIpc) is 2.96. The summed E-state index contributed by atoms with van der Waals surface area (Å²) in [6.45, 7) is 3.92. The lowest BCUT2D eigenvalue weighted by Crippen LogP contribution is -2.57. The first-order chi connectivity index (χ1) is 14.9. The number of likely N-dealkylation sites (tertiary alicyclic amines) is 1. The van der Waals surface area contributed by atoms with Gasteiger partial charge in [-0.15, -0.1) is 0 Å². The van der Waals surface area contributed by atoms with Gasteiger partial charge in [0.05, 0.1) is 19.8 Å². The molecule has 31 heavy (non-hydrogen) atoms. The number of nitrogens with zero attached hydrogens (tertiary/aromatic N) is 1. The largest absolute Gasteiger partial charge is 0.490 e. The fourth-order valence-electron chi connectivity index (χ4n) is 3.72. The van der Waals surface area contributed by atoms with Crippen molar-refractivity contribution in [3.05, 3.63) is 48.3 Å². The molecule has 0 saturated carbocycles. The molecule has 2 atom stereocenters. The molecule has 0 unspecified atom stereocenters. The summed E-state index contributed by atoms with van der Waals surface area (Å²) in [5.41, 5.74) is -0.445. The van der Waals surface area contributed by atoms with E-state index in [2.05, 4.69) is 5.32 Å². The number of carbonyl (C=O) groups excluding carboxylic acids is 1. The number of piperidine rings is 1. The van der Waals surface area contributed by atoms with E-state index in [0.29, 0.717) is 55.7 Å². The fourth-order valence-corrected chi connectivity index (χ4v) is 3.72. The van der Waals surface area contributed by atoms with Crippen LogP contribution >= 0.6 is 0 Å². The highest BCUT2D eigenvalue weighted by molar-refractivity contribution is 5.92. The van der Waals surface area contributed by atoms with Gasteiger partial charge in [0.25, 0.3) is 0 Å². The number of nitrogens with one attached hydrogen (secondary N) is 1. The van der Waals surface area contributed by atoms with Gasteiger partial charge in [-0.3, -0.25) is 9.69 Å². The van der Waals surface area contributed by atoms with Gasteiger partial charge in [-0.05, 0) is 37.6 Å². The van der Waals surface area contributed by atoms with Gasteiger partial charge in [0.1, 0.15) is 23.3 Å². The van der Waals surface area contributed by atoms with Crippen molar-refractivity contribution >= 4 is 11.6 Å². The smallest absolute Gasteiger partial charge is 0.238 e. The van der Waals surface area contributed by atoms with E-state index < -0.39 is 17.5 Å². The summed E-state index contributed by atoms with van der Waals surface area (Å²) in [6, 6.07) is 11.2. The van der Waals surface area contributed by atoms with Gasteiger partial charge in [-0.25, -0.2) is 4.39 Å². The Balaban J connectivity index is 1.36. The van der Waals surface area contributed by atoms with Crippen LogP contribution in [0.25, 0.3) is 0 Å². The number of anilines is 1. The molecule has 166 valence electrons. The Hall–Kier alpha value is -2.84. The van der Waals surface area contributed by atoms with Gasteiger partial charge in [-0.2, -0.15) is 0 Å². The first-order valence-corrected chi connectivity index (χ1v) is 10.5. The van der Waals surface area contributed by atoms with Crippen LogP contribution in [0.1, 0.15) is 19.8 Å². The third-order valence-electron chi connectivity index (χ3n) is 5.52. The van der Waals surface area contributed by atoms with Crippen molar-refractivity contribution in [3.8, 4) is 17.2 Å². The number of ether oxygens (including phenoxy) is 3. The van der Waals surface area contributed by atoms with Crippen LogP contribution in [0.4, 0.5) is 10.1 Å². The first-order valence-electron chi connectivity index (χ1n) is 10.5. The zero-order valence-corrected chi connectivity index (χ0v) is 17.5. The zero-order valence-electron chi connectivity index (χ0n) is 17.5. The highest BCUT2D eigenvalue weighted by atomic mass is 19.1. The second-order valence-electron chi connectivity index (χ2n) is 8.17. The molecule has 4 rings (SSSR count). The summed E-state index contributed by atoms with van der Waals surface area (Å²) in [7, 11) is 0. The van der Waals surface area contributed by atoms with Crippen LogP contribution in [0, 0.1) is 5.82 Å². The number of benzene rings is 2. The fraction of sp³-hybridized carbons (Fsp3) is 0.435. The Morgan fingerprint density at radius 1 is 1.26 bits per heavy atom. The molecule has 8 heteroatoms. The van der Waals surface area contributed by atoms with Crippen LogP contribution in [-0.2, 0) is 4.79 Å². The van der Waals surface area contributed by atoms with E-state index in [1.54, 1.807) is 37.3 Å². The maximum absolute atomic E-state index is 13.5. The summed E-state index contributed by atoms with van der Waals surface area (Å²) < 4.78 is 30.6. The molecule has 2 heterocycles. The number of carbonyl (C=O) groups is 1. The Morgan fingerprint density at radius 3 is 2.87 bits per heavy atom. The molecule has 1 amide bonds. The van der Waals surface area contributed by atoms with Crippen LogP contribution in [0.3, 0.4) is 0 Å². The van der Waals surface area contributed by atoms with Gasteiger partial charge in [0.2, 0.25) is 5.91 Å². The van der Waals surface area contributed by atoms with Crippen LogP contribution in [0.2, 0.25) is 0 Å². The molecular weight excluding hydrogens is 403 g/mol. The van der Waals surface area contributed by atoms with Crippen molar-refractivity contribution in [2.45, 2.75) is 31.5 Å². The molecule has 1 fully saturated rings. The summed E-state index contributed by atoms with van der Waals surface area (Å²) in [6.07, 6.45) is 0.659. The molecule has 2 N–H and O–H groups in total. The lowest BCUT2D eigenvalue weighted by Gasteiger charge is -2.42. The Bertz CT molecular complexity index is 936. The number of halogens is 1. The molecule has 7 nitrogen and oxygen atoms in total. The number of rotatable bonds is 5. The third-order valence-corrected chi connectivity index (χ3v) is 5.52. The first kappa shape index (κ1) is 21.4. The minimum absolute atomic E-state index is 0.146. The predicted octanol–water partition coefficient (Wildman–Crippen LogP) is 2.83. The van der Waals surface area contributed by atoms with Crippen molar-refractivity contribution in [2.75, 3.05) is 38.2 Å².